The van der Waals surface area contributed by atoms with Crippen molar-refractivity contribution >= 4 is 5.91 Å². The van der Waals surface area contributed by atoms with Gasteiger partial charge in [0.1, 0.15) is 0 Å². The van der Waals surface area contributed by atoms with Crippen molar-refractivity contribution in [3.8, 4) is 11.3 Å². The van der Waals surface area contributed by atoms with Crippen molar-refractivity contribution in [2.24, 2.45) is 10.8 Å². The summed E-state index contributed by atoms with van der Waals surface area (Å²) >= 11 is 0. The first-order valence-electron chi connectivity index (χ1n) is 9.12. The minimum absolute atomic E-state index is 0.106. The Balaban J connectivity index is 1.65. The smallest absolute Gasteiger partial charge is 0.254 e. The number of benzene rings is 1. The number of nitrogens with zero attached hydrogens (tertiary/aromatic N) is 2. The molecule has 1 aromatic heterocycles. The van der Waals surface area contributed by atoms with Crippen LogP contribution in [-0.4, -0.2) is 27.5 Å². The van der Waals surface area contributed by atoms with Crippen molar-refractivity contribution < 1.29 is 4.79 Å². The summed E-state index contributed by atoms with van der Waals surface area (Å²) in [5, 5.41) is 7.80. The van der Waals surface area contributed by atoms with Gasteiger partial charge >= 0.3 is 0 Å². The van der Waals surface area contributed by atoms with Gasteiger partial charge in [0.05, 0.1) is 5.69 Å². The Morgan fingerprint density at radius 3 is 2.72 bits per heavy atom. The summed E-state index contributed by atoms with van der Waals surface area (Å²) in [5.41, 5.74) is 7.18. The molecule has 1 aliphatic heterocycles. The van der Waals surface area contributed by atoms with E-state index in [0.717, 1.165) is 41.8 Å². The highest BCUT2D eigenvalue weighted by Crippen LogP contribution is 2.40. The van der Waals surface area contributed by atoms with Gasteiger partial charge in [-0.1, -0.05) is 40.7 Å². The molecular formula is C21H27N3O. The molecule has 0 atom stereocenters. The standard InChI is InChI=1S/C21H27N3O/c1-20(2,3)12-24-11-14-8-13(6-7-15(14)19(24)25)18-16-9-21(4,5)10-17(16)22-23-18/h6-8H,9-12H2,1-5H3,(H,22,23). The third kappa shape index (κ3) is 2.88. The molecule has 1 N–H and O–H groups in total. The molecule has 2 aliphatic rings. The minimum atomic E-state index is 0.106. The zero-order valence-electron chi connectivity index (χ0n) is 15.9. The van der Waals surface area contributed by atoms with Crippen molar-refractivity contribution in [3.05, 3.63) is 40.6 Å². The van der Waals surface area contributed by atoms with Crippen LogP contribution in [0.1, 0.15) is 61.8 Å². The third-order valence-corrected chi connectivity index (χ3v) is 5.19. The Kier molecular flexibility index (Phi) is 3.40. The zero-order chi connectivity index (χ0) is 18.0. The van der Waals surface area contributed by atoms with Gasteiger partial charge in [-0.25, -0.2) is 0 Å². The lowest BCUT2D eigenvalue weighted by atomic mass is 9.90. The number of aromatic amines is 1. The number of H-pyrrole nitrogens is 1. The molecule has 0 bridgehead atoms. The number of hydrogen-bond donors (Lipinski definition) is 1. The molecule has 25 heavy (non-hydrogen) atoms. The average Bonchev–Trinajstić information content (AvgIpc) is 3.08. The second kappa shape index (κ2) is 5.20. The molecule has 2 heterocycles. The average molecular weight is 337 g/mol. The second-order valence-corrected chi connectivity index (χ2v) is 9.64. The van der Waals surface area contributed by atoms with Gasteiger partial charge in [-0.05, 0) is 41.4 Å². The number of carbonyl (C=O) groups is 1. The Labute approximate surface area is 149 Å². The topological polar surface area (TPSA) is 49.0 Å². The number of carbonyl (C=O) groups excluding carboxylic acids is 1. The van der Waals surface area contributed by atoms with Gasteiger partial charge in [0.25, 0.3) is 5.91 Å². The summed E-state index contributed by atoms with van der Waals surface area (Å²) in [7, 11) is 0. The summed E-state index contributed by atoms with van der Waals surface area (Å²) in [6.45, 7) is 12.6. The number of amides is 1. The Hall–Kier alpha value is -2.10. The maximum atomic E-state index is 12.6. The predicted molar refractivity (Wildman–Crippen MR) is 99.4 cm³/mol. The van der Waals surface area contributed by atoms with Crippen LogP contribution < -0.4 is 0 Å². The zero-order valence-corrected chi connectivity index (χ0v) is 15.9. The number of rotatable bonds is 2. The lowest BCUT2D eigenvalue weighted by molar-refractivity contribution is 0.0720. The molecule has 0 radical (unpaired) electrons. The Morgan fingerprint density at radius 1 is 1.24 bits per heavy atom. The number of fused-ring (bicyclic) bond motifs is 2. The highest BCUT2D eigenvalue weighted by Gasteiger charge is 2.34. The van der Waals surface area contributed by atoms with Crippen LogP contribution in [0.25, 0.3) is 11.3 Å². The lowest BCUT2D eigenvalue weighted by Crippen LogP contribution is -2.32. The van der Waals surface area contributed by atoms with Gasteiger partial charge in [0.15, 0.2) is 0 Å². The van der Waals surface area contributed by atoms with Crippen molar-refractivity contribution in [1.29, 1.82) is 0 Å². The molecule has 2 aromatic rings. The molecule has 4 rings (SSSR count). The van der Waals surface area contributed by atoms with E-state index in [1.54, 1.807) is 0 Å². The Bertz CT molecular complexity index is 855. The monoisotopic (exact) mass is 337 g/mol. The highest BCUT2D eigenvalue weighted by atomic mass is 16.2. The molecule has 1 amide bonds. The predicted octanol–water partition coefficient (Wildman–Crippen LogP) is 4.20. The van der Waals surface area contributed by atoms with Crippen LogP contribution in [0.2, 0.25) is 0 Å². The molecule has 4 nitrogen and oxygen atoms in total. The van der Waals surface area contributed by atoms with Crippen molar-refractivity contribution in [2.45, 2.75) is 54.0 Å². The van der Waals surface area contributed by atoms with E-state index in [-0.39, 0.29) is 11.3 Å². The fourth-order valence-electron chi connectivity index (χ4n) is 4.22. The van der Waals surface area contributed by atoms with Gasteiger partial charge in [-0.15, -0.1) is 0 Å². The van der Waals surface area contributed by atoms with E-state index in [1.807, 2.05) is 11.0 Å². The van der Waals surface area contributed by atoms with Crippen molar-refractivity contribution in [1.82, 2.24) is 15.1 Å². The minimum Gasteiger partial charge on any atom is -0.334 e. The lowest BCUT2D eigenvalue weighted by Gasteiger charge is -2.26. The van der Waals surface area contributed by atoms with Gasteiger partial charge in [0, 0.05) is 35.5 Å². The quantitative estimate of drug-likeness (QED) is 0.892. The molecule has 4 heteroatoms. The van der Waals surface area contributed by atoms with E-state index in [0.29, 0.717) is 12.0 Å². The van der Waals surface area contributed by atoms with E-state index >= 15 is 0 Å². The maximum Gasteiger partial charge on any atom is 0.254 e. The van der Waals surface area contributed by atoms with Crippen LogP contribution in [0.5, 0.6) is 0 Å². The SMILES string of the molecule is CC(C)(C)CN1Cc2cc(-c3n[nH]c4c3CC(C)(C)C4)ccc2C1=O. The highest BCUT2D eigenvalue weighted by molar-refractivity contribution is 5.99. The normalized spacial score (nSPS) is 18.6. The van der Waals surface area contributed by atoms with E-state index in [4.69, 9.17) is 0 Å². The fourth-order valence-corrected chi connectivity index (χ4v) is 4.22. The van der Waals surface area contributed by atoms with Gasteiger partial charge in [0.2, 0.25) is 0 Å². The first kappa shape index (κ1) is 16.4. The van der Waals surface area contributed by atoms with E-state index in [2.05, 4.69) is 56.9 Å². The second-order valence-electron chi connectivity index (χ2n) is 9.64. The van der Waals surface area contributed by atoms with Crippen LogP contribution in [0, 0.1) is 10.8 Å². The largest absolute Gasteiger partial charge is 0.334 e. The summed E-state index contributed by atoms with van der Waals surface area (Å²) in [6.07, 6.45) is 2.11. The number of aromatic nitrogens is 2. The number of hydrogen-bond acceptors (Lipinski definition) is 2. The van der Waals surface area contributed by atoms with Gasteiger partial charge in [-0.2, -0.15) is 5.10 Å². The van der Waals surface area contributed by atoms with Crippen LogP contribution in [0.15, 0.2) is 18.2 Å². The van der Waals surface area contributed by atoms with Crippen molar-refractivity contribution in [2.75, 3.05) is 6.54 Å². The van der Waals surface area contributed by atoms with E-state index in [9.17, 15) is 4.79 Å². The number of nitrogens with one attached hydrogen (secondary N) is 1. The van der Waals surface area contributed by atoms with Crippen molar-refractivity contribution in [3.63, 3.8) is 0 Å². The van der Waals surface area contributed by atoms with Crippen LogP contribution in [0.3, 0.4) is 0 Å². The molecule has 132 valence electrons. The van der Waals surface area contributed by atoms with Gasteiger partial charge < -0.3 is 4.90 Å². The molecule has 0 unspecified atom stereocenters. The first-order valence-corrected chi connectivity index (χ1v) is 9.12. The first-order chi connectivity index (χ1) is 11.6. The van der Waals surface area contributed by atoms with Gasteiger partial charge in [-0.3, -0.25) is 9.89 Å². The molecule has 0 fully saturated rings. The molecule has 0 saturated heterocycles. The molecule has 0 saturated carbocycles. The summed E-state index contributed by atoms with van der Waals surface area (Å²) in [6, 6.07) is 6.20. The van der Waals surface area contributed by atoms with E-state index < -0.39 is 0 Å². The molecule has 1 aromatic carbocycles. The van der Waals surface area contributed by atoms with Crippen LogP contribution in [-0.2, 0) is 19.4 Å². The summed E-state index contributed by atoms with van der Waals surface area (Å²) < 4.78 is 0. The Morgan fingerprint density at radius 2 is 2.00 bits per heavy atom. The summed E-state index contributed by atoms with van der Waals surface area (Å²) in [4.78, 5) is 14.6. The maximum absolute atomic E-state index is 12.6. The molecule has 0 spiro atoms. The molecular weight excluding hydrogens is 310 g/mol. The third-order valence-electron chi connectivity index (χ3n) is 5.19. The van der Waals surface area contributed by atoms with Crippen LogP contribution in [0.4, 0.5) is 0 Å². The summed E-state index contributed by atoms with van der Waals surface area (Å²) in [5.74, 6) is 0.157. The fraction of sp³-hybridized carbons (Fsp3) is 0.524. The van der Waals surface area contributed by atoms with E-state index in [1.165, 1.54) is 11.3 Å². The molecule has 1 aliphatic carbocycles. The van der Waals surface area contributed by atoms with Crippen LogP contribution >= 0.6 is 0 Å².